The van der Waals surface area contributed by atoms with E-state index < -0.39 is 12.1 Å². The second kappa shape index (κ2) is 12.5. The van der Waals surface area contributed by atoms with Gasteiger partial charge in [0.1, 0.15) is 0 Å². The van der Waals surface area contributed by atoms with E-state index in [2.05, 4.69) is 56.0 Å². The lowest BCUT2D eigenvalue weighted by atomic mass is 9.75. The van der Waals surface area contributed by atoms with Crippen LogP contribution in [0.4, 0.5) is 13.2 Å². The van der Waals surface area contributed by atoms with Crippen LogP contribution >= 0.6 is 0 Å². The van der Waals surface area contributed by atoms with Crippen LogP contribution in [0.2, 0.25) is 0 Å². The molecular formula is C36H44F3N. The number of nitrogens with zero attached hydrogens (tertiary/aromatic N) is 1. The van der Waals surface area contributed by atoms with Crippen LogP contribution in [0.15, 0.2) is 36.5 Å². The van der Waals surface area contributed by atoms with E-state index in [1.807, 2.05) is 6.20 Å². The molecule has 2 fully saturated rings. The molecule has 4 heteroatoms. The van der Waals surface area contributed by atoms with E-state index in [0.29, 0.717) is 24.7 Å². The van der Waals surface area contributed by atoms with E-state index in [9.17, 15) is 13.2 Å². The lowest BCUT2D eigenvalue weighted by Crippen LogP contribution is -2.19. The molecule has 0 bridgehead atoms. The highest BCUT2D eigenvalue weighted by Crippen LogP contribution is 2.50. The zero-order chi connectivity index (χ0) is 28.3. The number of allylic oxidation sites excluding steroid dienone is 2. The fourth-order valence-corrected chi connectivity index (χ4v) is 6.90. The van der Waals surface area contributed by atoms with E-state index in [1.165, 1.54) is 67.7 Å². The van der Waals surface area contributed by atoms with Crippen molar-refractivity contribution < 1.29 is 13.2 Å². The maximum atomic E-state index is 12.9. The molecule has 3 unspecified atom stereocenters. The summed E-state index contributed by atoms with van der Waals surface area (Å²) in [6.07, 6.45) is 9.78. The molecule has 0 aliphatic heterocycles. The second-order valence-corrected chi connectivity index (χ2v) is 12.6. The van der Waals surface area contributed by atoms with Crippen molar-refractivity contribution in [3.05, 3.63) is 64.5 Å². The van der Waals surface area contributed by atoms with Crippen LogP contribution in [0.1, 0.15) is 131 Å². The first-order valence-corrected chi connectivity index (χ1v) is 15.6. The van der Waals surface area contributed by atoms with Crippen molar-refractivity contribution in [3.63, 3.8) is 0 Å². The van der Waals surface area contributed by atoms with E-state index >= 15 is 0 Å². The number of unbranched alkanes of at least 4 members (excludes halogenated alkanes) is 1. The monoisotopic (exact) mass is 547 g/mol. The Kier molecular flexibility index (Phi) is 9.08. The minimum absolute atomic E-state index is 0.147. The largest absolute Gasteiger partial charge is 0.391 e. The summed E-state index contributed by atoms with van der Waals surface area (Å²) in [5.41, 5.74) is 8.60. The summed E-state index contributed by atoms with van der Waals surface area (Å²) in [6.45, 7) is 5.88. The van der Waals surface area contributed by atoms with Crippen molar-refractivity contribution in [1.29, 1.82) is 0 Å². The van der Waals surface area contributed by atoms with Gasteiger partial charge in [-0.1, -0.05) is 82.6 Å². The number of benzene rings is 1. The van der Waals surface area contributed by atoms with Crippen molar-refractivity contribution in [3.8, 4) is 11.8 Å². The normalized spacial score (nSPS) is 22.4. The summed E-state index contributed by atoms with van der Waals surface area (Å²) >= 11 is 0. The minimum atomic E-state index is -4.12. The van der Waals surface area contributed by atoms with Gasteiger partial charge < -0.3 is 0 Å². The second-order valence-electron chi connectivity index (χ2n) is 12.6. The predicted octanol–water partition coefficient (Wildman–Crippen LogP) is 10.5. The molecule has 1 nitrogen and oxygen atoms in total. The third-order valence-electron chi connectivity index (χ3n) is 9.66. The topological polar surface area (TPSA) is 12.9 Å². The molecular weight excluding hydrogens is 503 g/mol. The van der Waals surface area contributed by atoms with E-state index in [0.717, 1.165) is 47.9 Å². The molecule has 1 heterocycles. The van der Waals surface area contributed by atoms with Gasteiger partial charge in [-0.2, -0.15) is 13.2 Å². The Hall–Kier alpha value is -2.54. The van der Waals surface area contributed by atoms with Crippen LogP contribution in [-0.2, 0) is 6.42 Å². The van der Waals surface area contributed by atoms with Gasteiger partial charge in [-0.3, -0.25) is 4.98 Å². The highest BCUT2D eigenvalue weighted by molar-refractivity contribution is 5.99. The zero-order valence-corrected chi connectivity index (χ0v) is 24.4. The molecule has 5 rings (SSSR count). The first-order valence-electron chi connectivity index (χ1n) is 15.6. The van der Waals surface area contributed by atoms with Gasteiger partial charge in [0.2, 0.25) is 0 Å². The van der Waals surface area contributed by atoms with Gasteiger partial charge in [-0.05, 0) is 103 Å². The number of hydrogen-bond donors (Lipinski definition) is 0. The molecule has 1 aromatic carbocycles. The number of aromatic nitrogens is 1. The number of hydrogen-bond acceptors (Lipinski definition) is 1. The molecule has 2 aromatic rings. The third kappa shape index (κ3) is 6.67. The summed E-state index contributed by atoms with van der Waals surface area (Å²) in [5, 5.41) is 0. The van der Waals surface area contributed by atoms with E-state index in [4.69, 9.17) is 4.98 Å². The Balaban J connectivity index is 1.51. The lowest BCUT2D eigenvalue weighted by molar-refractivity contribution is -0.171. The average molecular weight is 548 g/mol. The van der Waals surface area contributed by atoms with Crippen molar-refractivity contribution >= 4 is 11.1 Å². The van der Waals surface area contributed by atoms with Gasteiger partial charge >= 0.3 is 6.18 Å². The Morgan fingerprint density at radius 3 is 2.48 bits per heavy atom. The van der Waals surface area contributed by atoms with Crippen LogP contribution < -0.4 is 0 Å². The van der Waals surface area contributed by atoms with Crippen LogP contribution in [0.3, 0.4) is 0 Å². The van der Waals surface area contributed by atoms with Crippen molar-refractivity contribution in [2.45, 2.75) is 116 Å². The standard InChI is InChI=1S/C36H44F3N/c1-4-5-6-14-30-31-19-18-29(27-16-17-27)21-33(31)25(3)32(28-12-7-8-13-28)22-34(30)35-20-15-26(23-40-35)11-9-10-24(2)36(37,38)39/h15,18-21,23-25,27-28,32H,4-5,7-13,16-17,22H2,1-3H3. The number of fused-ring (bicyclic) bond motifs is 1. The molecule has 3 atom stereocenters. The molecule has 0 saturated heterocycles. The summed E-state index contributed by atoms with van der Waals surface area (Å²) in [5.74, 6) is 8.27. The lowest BCUT2D eigenvalue weighted by Gasteiger charge is -2.30. The number of rotatable bonds is 8. The van der Waals surface area contributed by atoms with Crippen molar-refractivity contribution in [2.75, 3.05) is 0 Å². The Bertz CT molecular complexity index is 1250. The highest BCUT2D eigenvalue weighted by Gasteiger charge is 2.37. The zero-order valence-electron chi connectivity index (χ0n) is 24.4. The number of alkyl halides is 3. The van der Waals surface area contributed by atoms with Crippen LogP contribution in [0, 0.1) is 29.6 Å². The number of aryl methyl sites for hydroxylation is 1. The van der Waals surface area contributed by atoms with Crippen LogP contribution in [0.5, 0.6) is 0 Å². The summed E-state index contributed by atoms with van der Waals surface area (Å²) in [6, 6.07) is 11.3. The van der Waals surface area contributed by atoms with E-state index in [1.54, 1.807) is 0 Å². The third-order valence-corrected chi connectivity index (χ3v) is 9.66. The number of halogens is 3. The molecule has 0 spiro atoms. The quantitative estimate of drug-likeness (QED) is 0.300. The summed E-state index contributed by atoms with van der Waals surface area (Å²) in [4.78, 5) is 4.94. The Morgan fingerprint density at radius 1 is 1.05 bits per heavy atom. The highest BCUT2D eigenvalue weighted by atomic mass is 19.4. The molecule has 0 N–H and O–H groups in total. The Morgan fingerprint density at radius 2 is 1.82 bits per heavy atom. The fourth-order valence-electron chi connectivity index (χ4n) is 6.90. The minimum Gasteiger partial charge on any atom is -0.256 e. The summed E-state index contributed by atoms with van der Waals surface area (Å²) < 4.78 is 38.8. The fraction of sp³-hybridized carbons (Fsp3) is 0.583. The maximum absolute atomic E-state index is 12.9. The smallest absolute Gasteiger partial charge is 0.256 e. The first-order chi connectivity index (χ1) is 19.3. The first kappa shape index (κ1) is 29.0. The van der Waals surface area contributed by atoms with Gasteiger partial charge in [0, 0.05) is 18.2 Å². The molecule has 2 saturated carbocycles. The van der Waals surface area contributed by atoms with Crippen molar-refractivity contribution in [1.82, 2.24) is 4.98 Å². The molecule has 3 aliphatic carbocycles. The average Bonchev–Trinajstić information content (AvgIpc) is 3.67. The molecule has 1 aromatic heterocycles. The number of pyridine rings is 1. The van der Waals surface area contributed by atoms with Gasteiger partial charge in [0.15, 0.2) is 0 Å². The SMILES string of the molecule is CCCC#CC1=C(c2ccc(CCCC(C)C(F)(F)F)cn2)CC(C2CCCC2)C(C)c2cc(C3CC3)ccc21. The molecule has 0 radical (unpaired) electrons. The molecule has 0 amide bonds. The molecule has 214 valence electrons. The van der Waals surface area contributed by atoms with Crippen LogP contribution in [0.25, 0.3) is 11.1 Å². The molecule has 3 aliphatic rings. The van der Waals surface area contributed by atoms with Crippen molar-refractivity contribution in [2.24, 2.45) is 17.8 Å². The van der Waals surface area contributed by atoms with Gasteiger partial charge in [0.05, 0.1) is 11.6 Å². The van der Waals surface area contributed by atoms with Gasteiger partial charge in [-0.25, -0.2) is 0 Å². The van der Waals surface area contributed by atoms with E-state index in [-0.39, 0.29) is 6.42 Å². The van der Waals surface area contributed by atoms with Gasteiger partial charge in [0.25, 0.3) is 0 Å². The maximum Gasteiger partial charge on any atom is 0.391 e. The Labute approximate surface area is 239 Å². The van der Waals surface area contributed by atoms with Crippen LogP contribution in [-0.4, -0.2) is 11.2 Å². The predicted molar refractivity (Wildman–Crippen MR) is 159 cm³/mol. The van der Waals surface area contributed by atoms with Gasteiger partial charge in [-0.15, -0.1) is 0 Å². The molecule has 40 heavy (non-hydrogen) atoms. The summed E-state index contributed by atoms with van der Waals surface area (Å²) in [7, 11) is 0.